The molecule has 3 rings (SSSR count). The normalized spacial score (nSPS) is 11.2. The van der Waals surface area contributed by atoms with Gasteiger partial charge in [-0.15, -0.1) is 0 Å². The molecule has 27 heavy (non-hydrogen) atoms. The van der Waals surface area contributed by atoms with Gasteiger partial charge in [-0.2, -0.15) is 0 Å². The van der Waals surface area contributed by atoms with E-state index in [4.69, 9.17) is 11.6 Å². The van der Waals surface area contributed by atoms with Crippen molar-refractivity contribution in [1.29, 1.82) is 0 Å². The topological polar surface area (TPSA) is 87.4 Å². The smallest absolute Gasteiger partial charge is 0.335 e. The van der Waals surface area contributed by atoms with E-state index in [9.17, 15) is 14.7 Å². The lowest BCUT2D eigenvalue weighted by atomic mass is 10.1. The van der Waals surface area contributed by atoms with Crippen molar-refractivity contribution in [3.8, 4) is 11.6 Å². The second-order valence-corrected chi connectivity index (χ2v) is 6.41. The van der Waals surface area contributed by atoms with Crippen LogP contribution in [0.1, 0.15) is 23.6 Å². The number of rotatable bonds is 4. The summed E-state index contributed by atoms with van der Waals surface area (Å²) in [4.78, 5) is 31.0. The van der Waals surface area contributed by atoms with Crippen molar-refractivity contribution in [3.05, 3.63) is 85.0 Å². The van der Waals surface area contributed by atoms with E-state index in [2.05, 4.69) is 9.98 Å². The maximum Gasteiger partial charge on any atom is 0.335 e. The second-order valence-electron chi connectivity index (χ2n) is 6.01. The van der Waals surface area contributed by atoms with E-state index in [1.54, 1.807) is 30.3 Å². The van der Waals surface area contributed by atoms with Gasteiger partial charge in [0.25, 0.3) is 5.56 Å². The molecule has 2 N–H and O–H groups in total. The van der Waals surface area contributed by atoms with E-state index in [1.807, 2.05) is 26.0 Å². The first kappa shape index (κ1) is 18.7. The third-order valence-electron chi connectivity index (χ3n) is 4.23. The summed E-state index contributed by atoms with van der Waals surface area (Å²) in [6.45, 7) is 3.81. The van der Waals surface area contributed by atoms with Crippen molar-refractivity contribution in [2.75, 3.05) is 0 Å². The summed E-state index contributed by atoms with van der Waals surface area (Å²) in [5.41, 5.74) is 1.25. The largest absolute Gasteiger partial charge is 0.493 e. The fourth-order valence-corrected chi connectivity index (χ4v) is 2.88. The molecule has 0 fully saturated rings. The lowest BCUT2D eigenvalue weighted by Gasteiger charge is -2.13. The number of halogens is 1. The summed E-state index contributed by atoms with van der Waals surface area (Å²) in [6, 6.07) is 12.4. The van der Waals surface area contributed by atoms with Crippen molar-refractivity contribution in [1.82, 2.24) is 9.55 Å². The first-order chi connectivity index (χ1) is 12.9. The third-order valence-corrected chi connectivity index (χ3v) is 4.64. The predicted molar refractivity (Wildman–Crippen MR) is 107 cm³/mol. The number of aliphatic imine (C=N–C) groups is 1. The van der Waals surface area contributed by atoms with Crippen molar-refractivity contribution in [2.45, 2.75) is 20.3 Å². The number of aromatic nitrogens is 2. The highest BCUT2D eigenvalue weighted by Crippen LogP contribution is 2.23. The van der Waals surface area contributed by atoms with E-state index in [-0.39, 0.29) is 5.56 Å². The minimum atomic E-state index is -0.718. The number of nitrogens with one attached hydrogen (secondary N) is 1. The Balaban J connectivity index is 2.15. The molecule has 0 aliphatic rings. The molecular formula is C20H18ClN3O3. The van der Waals surface area contributed by atoms with Gasteiger partial charge in [0.1, 0.15) is 5.56 Å². The SMILES string of the molecule is CCc1ccccc1-n1c(O)c(C=Nc2ccc(C)c(Cl)c2)c(=O)[nH]c1=O. The Labute approximate surface area is 160 Å². The summed E-state index contributed by atoms with van der Waals surface area (Å²) in [5.74, 6) is -0.466. The fraction of sp³-hybridized carbons (Fsp3) is 0.150. The molecule has 0 spiro atoms. The molecule has 0 aliphatic carbocycles. The van der Waals surface area contributed by atoms with E-state index in [1.165, 1.54) is 6.21 Å². The van der Waals surface area contributed by atoms with Gasteiger partial charge in [0.2, 0.25) is 5.88 Å². The summed E-state index contributed by atoms with van der Waals surface area (Å²) in [6.07, 6.45) is 1.88. The number of aromatic hydroxyl groups is 1. The van der Waals surface area contributed by atoms with Crippen LogP contribution in [0, 0.1) is 6.92 Å². The van der Waals surface area contributed by atoms with Crippen LogP contribution in [0.2, 0.25) is 5.02 Å². The van der Waals surface area contributed by atoms with Gasteiger partial charge in [-0.3, -0.25) is 14.8 Å². The van der Waals surface area contributed by atoms with Gasteiger partial charge in [-0.1, -0.05) is 42.8 Å². The molecule has 0 atom stereocenters. The average Bonchev–Trinajstić information content (AvgIpc) is 2.64. The van der Waals surface area contributed by atoms with E-state index in [0.717, 1.165) is 15.7 Å². The summed E-state index contributed by atoms with van der Waals surface area (Å²) >= 11 is 6.08. The maximum absolute atomic E-state index is 12.3. The van der Waals surface area contributed by atoms with Crippen LogP contribution in [-0.2, 0) is 6.42 Å². The Kier molecular flexibility index (Phi) is 5.28. The number of aryl methyl sites for hydroxylation is 2. The number of hydrogen-bond donors (Lipinski definition) is 2. The zero-order chi connectivity index (χ0) is 19.6. The van der Waals surface area contributed by atoms with Gasteiger partial charge in [0, 0.05) is 11.2 Å². The number of aromatic amines is 1. The molecule has 0 saturated heterocycles. The molecule has 0 unspecified atom stereocenters. The van der Waals surface area contributed by atoms with Crippen molar-refractivity contribution >= 4 is 23.5 Å². The van der Waals surface area contributed by atoms with Crippen LogP contribution in [0.25, 0.3) is 5.69 Å². The second kappa shape index (κ2) is 7.63. The van der Waals surface area contributed by atoms with E-state index < -0.39 is 17.1 Å². The van der Waals surface area contributed by atoms with Crippen LogP contribution < -0.4 is 11.2 Å². The highest BCUT2D eigenvalue weighted by molar-refractivity contribution is 6.31. The molecule has 0 bridgehead atoms. The van der Waals surface area contributed by atoms with Crippen LogP contribution >= 0.6 is 11.6 Å². The zero-order valence-corrected chi connectivity index (χ0v) is 15.6. The van der Waals surface area contributed by atoms with Crippen LogP contribution in [0.4, 0.5) is 5.69 Å². The molecule has 0 saturated carbocycles. The third kappa shape index (κ3) is 3.71. The van der Waals surface area contributed by atoms with Gasteiger partial charge in [-0.05, 0) is 42.7 Å². The highest BCUT2D eigenvalue weighted by atomic mass is 35.5. The summed E-state index contributed by atoms with van der Waals surface area (Å²) in [7, 11) is 0. The minimum Gasteiger partial charge on any atom is -0.493 e. The Morgan fingerprint density at radius 2 is 1.96 bits per heavy atom. The van der Waals surface area contributed by atoms with Gasteiger partial charge in [0.15, 0.2) is 0 Å². The minimum absolute atomic E-state index is 0.114. The lowest BCUT2D eigenvalue weighted by molar-refractivity contribution is 0.429. The summed E-state index contributed by atoms with van der Waals surface area (Å²) < 4.78 is 1.07. The predicted octanol–water partition coefficient (Wildman–Crippen LogP) is 3.51. The molecule has 0 radical (unpaired) electrons. The van der Waals surface area contributed by atoms with Gasteiger partial charge in [-0.25, -0.2) is 9.36 Å². The van der Waals surface area contributed by atoms with Crippen molar-refractivity contribution in [2.24, 2.45) is 4.99 Å². The number of hydrogen-bond acceptors (Lipinski definition) is 4. The number of benzene rings is 2. The standard InChI is InChI=1S/C20H18ClN3O3/c1-3-13-6-4-5-7-17(13)24-19(26)15(18(25)23-20(24)27)11-22-14-9-8-12(2)16(21)10-14/h4-11,26H,3H2,1-2H3,(H,23,25,27). The Bertz CT molecular complexity index is 1150. The lowest BCUT2D eigenvalue weighted by Crippen LogP contribution is -2.31. The molecule has 7 heteroatoms. The molecule has 1 aromatic heterocycles. The first-order valence-corrected chi connectivity index (χ1v) is 8.77. The maximum atomic E-state index is 12.3. The van der Waals surface area contributed by atoms with Crippen LogP contribution in [0.5, 0.6) is 5.88 Å². The molecule has 1 heterocycles. The molecule has 0 amide bonds. The van der Waals surface area contributed by atoms with E-state index >= 15 is 0 Å². The first-order valence-electron chi connectivity index (χ1n) is 8.39. The molecular weight excluding hydrogens is 366 g/mol. The van der Waals surface area contributed by atoms with Crippen molar-refractivity contribution < 1.29 is 5.11 Å². The van der Waals surface area contributed by atoms with Gasteiger partial charge >= 0.3 is 5.69 Å². The quantitative estimate of drug-likeness (QED) is 0.676. The molecule has 6 nitrogen and oxygen atoms in total. The molecule has 0 aliphatic heterocycles. The van der Waals surface area contributed by atoms with Crippen LogP contribution in [0.3, 0.4) is 0 Å². The molecule has 2 aromatic carbocycles. The average molecular weight is 384 g/mol. The van der Waals surface area contributed by atoms with Crippen LogP contribution in [0.15, 0.2) is 57.0 Å². The summed E-state index contributed by atoms with van der Waals surface area (Å²) in [5, 5.41) is 11.2. The molecule has 3 aromatic rings. The van der Waals surface area contributed by atoms with Gasteiger partial charge in [0.05, 0.1) is 11.4 Å². The zero-order valence-electron chi connectivity index (χ0n) is 14.9. The van der Waals surface area contributed by atoms with Crippen molar-refractivity contribution in [3.63, 3.8) is 0 Å². The fourth-order valence-electron chi connectivity index (χ4n) is 2.71. The monoisotopic (exact) mass is 383 g/mol. The Hall–Kier alpha value is -3.12. The van der Waals surface area contributed by atoms with Crippen LogP contribution in [-0.4, -0.2) is 20.9 Å². The van der Waals surface area contributed by atoms with E-state index in [0.29, 0.717) is 22.8 Å². The Morgan fingerprint density at radius 1 is 1.22 bits per heavy atom. The van der Waals surface area contributed by atoms with Gasteiger partial charge < -0.3 is 5.11 Å². The Morgan fingerprint density at radius 3 is 2.67 bits per heavy atom. The highest BCUT2D eigenvalue weighted by Gasteiger charge is 2.16. The number of nitrogens with zero attached hydrogens (tertiary/aromatic N) is 2. The number of para-hydroxylation sites is 1. The number of H-pyrrole nitrogens is 1. The molecule has 138 valence electrons.